The molecule has 1 aromatic carbocycles. The van der Waals surface area contributed by atoms with Crippen molar-refractivity contribution in [2.24, 2.45) is 5.92 Å². The molecule has 1 N–H and O–H groups in total. The molecule has 0 radical (unpaired) electrons. The van der Waals surface area contributed by atoms with Gasteiger partial charge >= 0.3 is 0 Å². The topological polar surface area (TPSA) is 41.6 Å². The molecule has 0 heterocycles. The number of hydrogen-bond acceptors (Lipinski definition) is 3. The molecule has 1 aromatic rings. The van der Waals surface area contributed by atoms with Gasteiger partial charge in [-0.15, -0.1) is 0 Å². The number of nitrogens with one attached hydrogen (secondary N) is 1. The average molecular weight is 264 g/mol. The van der Waals surface area contributed by atoms with Crippen molar-refractivity contribution in [1.29, 1.82) is 0 Å². The summed E-state index contributed by atoms with van der Waals surface area (Å²) in [7, 11) is 3.73. The summed E-state index contributed by atoms with van der Waals surface area (Å²) in [6.07, 6.45) is 1.03. The molecule has 4 heteroatoms. The lowest BCUT2D eigenvalue weighted by Crippen LogP contribution is -2.27. The predicted octanol–water partition coefficient (Wildman–Crippen LogP) is 2.61. The largest absolute Gasteiger partial charge is 0.494 e. The Bertz CT molecular complexity index is 403. The first kappa shape index (κ1) is 15.5. The van der Waals surface area contributed by atoms with Crippen molar-refractivity contribution in [2.75, 3.05) is 32.6 Å². The molecule has 19 heavy (non-hydrogen) atoms. The van der Waals surface area contributed by atoms with Crippen LogP contribution in [0.15, 0.2) is 24.3 Å². The SMILES string of the molecule is CC(C)CCOc1cccc(NC(=O)CN(C)C)c1. The van der Waals surface area contributed by atoms with Crippen LogP contribution in [0.25, 0.3) is 0 Å². The third-order valence-corrected chi connectivity index (χ3v) is 2.54. The quantitative estimate of drug-likeness (QED) is 0.823. The van der Waals surface area contributed by atoms with Gasteiger partial charge in [-0.1, -0.05) is 19.9 Å². The van der Waals surface area contributed by atoms with Crippen LogP contribution in [0.1, 0.15) is 20.3 Å². The van der Waals surface area contributed by atoms with Crippen LogP contribution in [0.5, 0.6) is 5.75 Å². The van der Waals surface area contributed by atoms with Gasteiger partial charge in [-0.2, -0.15) is 0 Å². The van der Waals surface area contributed by atoms with E-state index in [9.17, 15) is 4.79 Å². The lowest BCUT2D eigenvalue weighted by molar-refractivity contribution is -0.116. The highest BCUT2D eigenvalue weighted by atomic mass is 16.5. The third-order valence-electron chi connectivity index (χ3n) is 2.54. The van der Waals surface area contributed by atoms with Gasteiger partial charge in [0.2, 0.25) is 5.91 Å². The van der Waals surface area contributed by atoms with Gasteiger partial charge in [0.15, 0.2) is 0 Å². The van der Waals surface area contributed by atoms with E-state index in [0.29, 0.717) is 19.1 Å². The highest BCUT2D eigenvalue weighted by Gasteiger charge is 2.04. The number of rotatable bonds is 7. The highest BCUT2D eigenvalue weighted by molar-refractivity contribution is 5.92. The van der Waals surface area contributed by atoms with Crippen molar-refractivity contribution in [1.82, 2.24) is 4.90 Å². The minimum atomic E-state index is -0.0238. The van der Waals surface area contributed by atoms with Gasteiger partial charge < -0.3 is 15.0 Å². The molecule has 1 rings (SSSR count). The molecule has 0 bridgehead atoms. The predicted molar refractivity (Wildman–Crippen MR) is 78.6 cm³/mol. The van der Waals surface area contributed by atoms with E-state index in [0.717, 1.165) is 17.9 Å². The lowest BCUT2D eigenvalue weighted by atomic mass is 10.1. The van der Waals surface area contributed by atoms with Crippen LogP contribution in [0, 0.1) is 5.92 Å². The first-order valence-electron chi connectivity index (χ1n) is 6.65. The van der Waals surface area contributed by atoms with Gasteiger partial charge in [0, 0.05) is 11.8 Å². The molecule has 4 nitrogen and oxygen atoms in total. The number of carbonyl (C=O) groups excluding carboxylic acids is 1. The van der Waals surface area contributed by atoms with Crippen LogP contribution in [-0.2, 0) is 4.79 Å². The van der Waals surface area contributed by atoms with Gasteiger partial charge in [0.1, 0.15) is 5.75 Å². The molecule has 106 valence electrons. The van der Waals surface area contributed by atoms with Crippen molar-refractivity contribution in [2.45, 2.75) is 20.3 Å². The summed E-state index contributed by atoms with van der Waals surface area (Å²) in [6.45, 7) is 5.41. The molecule has 0 unspecified atom stereocenters. The maximum absolute atomic E-state index is 11.6. The minimum absolute atomic E-state index is 0.0238. The van der Waals surface area contributed by atoms with E-state index in [1.54, 1.807) is 0 Å². The van der Waals surface area contributed by atoms with E-state index in [2.05, 4.69) is 19.2 Å². The van der Waals surface area contributed by atoms with Gasteiger partial charge in [-0.25, -0.2) is 0 Å². The molecule has 0 atom stereocenters. The maximum Gasteiger partial charge on any atom is 0.238 e. The number of amides is 1. The highest BCUT2D eigenvalue weighted by Crippen LogP contribution is 2.18. The second kappa shape index (κ2) is 7.79. The summed E-state index contributed by atoms with van der Waals surface area (Å²) in [5.41, 5.74) is 0.772. The van der Waals surface area contributed by atoms with Crippen molar-refractivity contribution >= 4 is 11.6 Å². The molecular weight excluding hydrogens is 240 g/mol. The van der Waals surface area contributed by atoms with Crippen LogP contribution >= 0.6 is 0 Å². The standard InChI is InChI=1S/C15H24N2O2/c1-12(2)8-9-19-14-7-5-6-13(10-14)16-15(18)11-17(3)4/h5-7,10,12H,8-9,11H2,1-4H3,(H,16,18). The van der Waals surface area contributed by atoms with Crippen molar-refractivity contribution < 1.29 is 9.53 Å². The van der Waals surface area contributed by atoms with Crippen LogP contribution in [-0.4, -0.2) is 38.1 Å². The molecule has 0 saturated carbocycles. The zero-order valence-electron chi connectivity index (χ0n) is 12.3. The minimum Gasteiger partial charge on any atom is -0.494 e. The number of hydrogen-bond donors (Lipinski definition) is 1. The van der Waals surface area contributed by atoms with E-state index in [1.807, 2.05) is 43.3 Å². The number of benzene rings is 1. The fourth-order valence-corrected chi connectivity index (χ4v) is 1.56. The van der Waals surface area contributed by atoms with Gasteiger partial charge in [-0.05, 0) is 38.6 Å². The number of anilines is 1. The van der Waals surface area contributed by atoms with Crippen LogP contribution in [0.3, 0.4) is 0 Å². The Morgan fingerprint density at radius 3 is 2.74 bits per heavy atom. The first-order chi connectivity index (χ1) is 8.97. The van der Waals surface area contributed by atoms with Crippen LogP contribution in [0.4, 0.5) is 5.69 Å². The molecule has 0 aliphatic carbocycles. The zero-order chi connectivity index (χ0) is 14.3. The van der Waals surface area contributed by atoms with Gasteiger partial charge in [0.25, 0.3) is 0 Å². The monoisotopic (exact) mass is 264 g/mol. The fourth-order valence-electron chi connectivity index (χ4n) is 1.56. The number of nitrogens with zero attached hydrogens (tertiary/aromatic N) is 1. The van der Waals surface area contributed by atoms with E-state index in [1.165, 1.54) is 0 Å². The normalized spacial score (nSPS) is 10.8. The van der Waals surface area contributed by atoms with Crippen molar-refractivity contribution in [3.63, 3.8) is 0 Å². The summed E-state index contributed by atoms with van der Waals surface area (Å²) in [5.74, 6) is 1.40. The van der Waals surface area contributed by atoms with E-state index < -0.39 is 0 Å². The summed E-state index contributed by atoms with van der Waals surface area (Å²) in [6, 6.07) is 7.51. The summed E-state index contributed by atoms with van der Waals surface area (Å²) < 4.78 is 5.66. The Morgan fingerprint density at radius 2 is 2.11 bits per heavy atom. The van der Waals surface area contributed by atoms with Gasteiger partial charge in [0.05, 0.1) is 13.2 Å². The van der Waals surface area contributed by atoms with Crippen LogP contribution < -0.4 is 10.1 Å². The zero-order valence-corrected chi connectivity index (χ0v) is 12.3. The lowest BCUT2D eigenvalue weighted by Gasteiger charge is -2.12. The van der Waals surface area contributed by atoms with Gasteiger partial charge in [-0.3, -0.25) is 4.79 Å². The Morgan fingerprint density at radius 1 is 1.37 bits per heavy atom. The van der Waals surface area contributed by atoms with Crippen molar-refractivity contribution in [3.05, 3.63) is 24.3 Å². The second-order valence-electron chi connectivity index (χ2n) is 5.34. The molecule has 0 spiro atoms. The molecule has 0 fully saturated rings. The summed E-state index contributed by atoms with van der Waals surface area (Å²) >= 11 is 0. The Labute approximate surface area is 115 Å². The number of ether oxygens (including phenoxy) is 1. The second-order valence-corrected chi connectivity index (χ2v) is 5.34. The first-order valence-corrected chi connectivity index (χ1v) is 6.65. The maximum atomic E-state index is 11.6. The van der Waals surface area contributed by atoms with E-state index >= 15 is 0 Å². The smallest absolute Gasteiger partial charge is 0.238 e. The van der Waals surface area contributed by atoms with Crippen LogP contribution in [0.2, 0.25) is 0 Å². The summed E-state index contributed by atoms with van der Waals surface area (Å²) in [4.78, 5) is 13.5. The van der Waals surface area contributed by atoms with E-state index in [-0.39, 0.29) is 5.91 Å². The van der Waals surface area contributed by atoms with Crippen molar-refractivity contribution in [3.8, 4) is 5.75 Å². The molecule has 0 aliphatic rings. The average Bonchev–Trinajstić information content (AvgIpc) is 2.27. The number of carbonyl (C=O) groups is 1. The molecule has 0 aliphatic heterocycles. The molecular formula is C15H24N2O2. The Kier molecular flexibility index (Phi) is 6.36. The molecule has 1 amide bonds. The summed E-state index contributed by atoms with van der Waals surface area (Å²) in [5, 5.41) is 2.85. The molecule has 0 saturated heterocycles. The number of likely N-dealkylation sites (N-methyl/N-ethyl adjacent to an activating group) is 1. The third kappa shape index (κ3) is 6.82. The Hall–Kier alpha value is -1.55. The van der Waals surface area contributed by atoms with E-state index in [4.69, 9.17) is 4.74 Å². The molecule has 0 aromatic heterocycles. The fraction of sp³-hybridized carbons (Fsp3) is 0.533. The Balaban J connectivity index is 2.49.